The first-order valence-electron chi connectivity index (χ1n) is 5.39. The molecule has 0 unspecified atom stereocenters. The van der Waals surface area contributed by atoms with Crippen molar-refractivity contribution in [3.05, 3.63) is 39.9 Å². The Bertz CT molecular complexity index is 407. The fraction of sp³-hybridized carbons (Fsp3) is 0.308. The Morgan fingerprint density at radius 2 is 1.88 bits per heavy atom. The van der Waals surface area contributed by atoms with Crippen LogP contribution < -0.4 is 5.32 Å². The maximum Gasteiger partial charge on any atom is 0.244 e. The van der Waals surface area contributed by atoms with Gasteiger partial charge >= 0.3 is 0 Å². The smallest absolute Gasteiger partial charge is 0.244 e. The number of halogens is 2. The zero-order chi connectivity index (χ0) is 12.8. The summed E-state index contributed by atoms with van der Waals surface area (Å²) >= 11 is 11.7. The molecule has 0 radical (unpaired) electrons. The maximum atomic E-state index is 11.4. The van der Waals surface area contributed by atoms with Crippen LogP contribution in [0.25, 0.3) is 6.08 Å². The van der Waals surface area contributed by atoms with Crippen LogP contribution in [0.5, 0.6) is 0 Å². The lowest BCUT2D eigenvalue weighted by Gasteiger charge is -2.04. The molecular formula is C13H15Cl2NO. The summed E-state index contributed by atoms with van der Waals surface area (Å²) in [7, 11) is 0. The molecule has 0 aliphatic rings. The van der Waals surface area contributed by atoms with Gasteiger partial charge in [-0.3, -0.25) is 4.79 Å². The molecule has 1 aromatic rings. The Morgan fingerprint density at radius 1 is 1.29 bits per heavy atom. The van der Waals surface area contributed by atoms with Crippen LogP contribution in [0.3, 0.4) is 0 Å². The number of carbonyl (C=O) groups is 1. The topological polar surface area (TPSA) is 29.1 Å². The zero-order valence-electron chi connectivity index (χ0n) is 9.84. The van der Waals surface area contributed by atoms with Gasteiger partial charge in [0.05, 0.1) is 0 Å². The van der Waals surface area contributed by atoms with E-state index >= 15 is 0 Å². The molecule has 1 N–H and O–H groups in total. The predicted octanol–water partition coefficient (Wildman–Crippen LogP) is 3.78. The van der Waals surface area contributed by atoms with Crippen LogP contribution in [-0.4, -0.2) is 12.5 Å². The minimum atomic E-state index is -0.116. The quantitative estimate of drug-likeness (QED) is 0.830. The molecule has 0 atom stereocenters. The highest BCUT2D eigenvalue weighted by Gasteiger charge is 1.98. The van der Waals surface area contributed by atoms with E-state index in [1.165, 1.54) is 6.08 Å². The summed E-state index contributed by atoms with van der Waals surface area (Å²) in [6.07, 6.45) is 3.16. The molecule has 0 aliphatic heterocycles. The van der Waals surface area contributed by atoms with Gasteiger partial charge in [-0.2, -0.15) is 0 Å². The molecule has 17 heavy (non-hydrogen) atoms. The van der Waals surface area contributed by atoms with Crippen LogP contribution in [0.15, 0.2) is 24.3 Å². The summed E-state index contributed by atoms with van der Waals surface area (Å²) in [5.74, 6) is 0.322. The summed E-state index contributed by atoms with van der Waals surface area (Å²) in [4.78, 5) is 11.4. The van der Waals surface area contributed by atoms with E-state index in [1.54, 1.807) is 24.3 Å². The molecule has 0 spiro atoms. The first-order chi connectivity index (χ1) is 7.97. The molecular weight excluding hydrogens is 257 g/mol. The lowest BCUT2D eigenvalue weighted by atomic mass is 10.2. The van der Waals surface area contributed by atoms with Crippen molar-refractivity contribution in [1.29, 1.82) is 0 Å². The second kappa shape index (κ2) is 6.67. The van der Waals surface area contributed by atoms with Gasteiger partial charge in [-0.1, -0.05) is 37.0 Å². The number of hydrogen-bond donors (Lipinski definition) is 1. The van der Waals surface area contributed by atoms with Crippen LogP contribution in [0.1, 0.15) is 19.4 Å². The van der Waals surface area contributed by atoms with Gasteiger partial charge in [0.1, 0.15) is 0 Å². The van der Waals surface area contributed by atoms with E-state index in [-0.39, 0.29) is 5.91 Å². The fourth-order valence-corrected chi connectivity index (χ4v) is 1.75. The van der Waals surface area contributed by atoms with Gasteiger partial charge in [-0.05, 0) is 35.8 Å². The molecule has 0 aromatic heterocycles. The Balaban J connectivity index is 2.60. The molecule has 0 saturated carbocycles. The van der Waals surface area contributed by atoms with Crippen LogP contribution in [0.2, 0.25) is 10.0 Å². The first-order valence-corrected chi connectivity index (χ1v) is 6.15. The Kier molecular flexibility index (Phi) is 5.52. The zero-order valence-corrected chi connectivity index (χ0v) is 11.3. The van der Waals surface area contributed by atoms with Crippen molar-refractivity contribution in [1.82, 2.24) is 5.32 Å². The van der Waals surface area contributed by atoms with Gasteiger partial charge in [0.15, 0.2) is 0 Å². The lowest BCUT2D eigenvalue weighted by Crippen LogP contribution is -2.25. The average Bonchev–Trinajstić information content (AvgIpc) is 2.22. The normalized spacial score (nSPS) is 11.1. The van der Waals surface area contributed by atoms with Gasteiger partial charge in [-0.25, -0.2) is 0 Å². The SMILES string of the molecule is CC(C)CNC(=O)/C=C/c1cc(Cl)cc(Cl)c1. The maximum absolute atomic E-state index is 11.4. The van der Waals surface area contributed by atoms with E-state index < -0.39 is 0 Å². The number of amides is 1. The highest BCUT2D eigenvalue weighted by molar-refractivity contribution is 6.34. The number of benzene rings is 1. The van der Waals surface area contributed by atoms with Gasteiger partial charge < -0.3 is 5.32 Å². The Labute approximate surface area is 112 Å². The molecule has 1 amide bonds. The minimum Gasteiger partial charge on any atom is -0.352 e. The number of nitrogens with one attached hydrogen (secondary N) is 1. The molecule has 2 nitrogen and oxygen atoms in total. The second-order valence-corrected chi connectivity index (χ2v) is 5.05. The van der Waals surface area contributed by atoms with Gasteiger partial charge in [0.2, 0.25) is 5.91 Å². The van der Waals surface area contributed by atoms with Crippen molar-refractivity contribution >= 4 is 35.2 Å². The number of carbonyl (C=O) groups excluding carboxylic acids is 1. The second-order valence-electron chi connectivity index (χ2n) is 4.18. The van der Waals surface area contributed by atoms with E-state index in [2.05, 4.69) is 5.32 Å². The minimum absolute atomic E-state index is 0.116. The predicted molar refractivity (Wildman–Crippen MR) is 73.3 cm³/mol. The summed E-state index contributed by atoms with van der Waals surface area (Å²) < 4.78 is 0. The van der Waals surface area contributed by atoms with Crippen molar-refractivity contribution in [2.24, 2.45) is 5.92 Å². The van der Waals surface area contributed by atoms with E-state index in [0.29, 0.717) is 22.5 Å². The summed E-state index contributed by atoms with van der Waals surface area (Å²) in [5, 5.41) is 3.90. The Morgan fingerprint density at radius 3 is 2.41 bits per heavy atom. The highest BCUT2D eigenvalue weighted by Crippen LogP contribution is 2.19. The number of rotatable bonds is 4. The van der Waals surface area contributed by atoms with Crippen LogP contribution in [0.4, 0.5) is 0 Å². The number of hydrogen-bond acceptors (Lipinski definition) is 1. The van der Waals surface area contributed by atoms with Gasteiger partial charge in [0, 0.05) is 22.7 Å². The van der Waals surface area contributed by atoms with Crippen molar-refractivity contribution in [2.75, 3.05) is 6.54 Å². The lowest BCUT2D eigenvalue weighted by molar-refractivity contribution is -0.116. The molecule has 0 heterocycles. The molecule has 0 aliphatic carbocycles. The van der Waals surface area contributed by atoms with E-state index in [4.69, 9.17) is 23.2 Å². The third-order valence-electron chi connectivity index (χ3n) is 2.00. The van der Waals surface area contributed by atoms with Crippen LogP contribution in [-0.2, 0) is 4.79 Å². The molecule has 0 bridgehead atoms. The average molecular weight is 272 g/mol. The van der Waals surface area contributed by atoms with Crippen LogP contribution >= 0.6 is 23.2 Å². The summed E-state index contributed by atoms with van der Waals surface area (Å²) in [6.45, 7) is 4.75. The van der Waals surface area contributed by atoms with E-state index in [0.717, 1.165) is 5.56 Å². The first kappa shape index (κ1) is 14.1. The fourth-order valence-electron chi connectivity index (χ4n) is 1.21. The van der Waals surface area contributed by atoms with Gasteiger partial charge in [0.25, 0.3) is 0 Å². The third kappa shape index (κ3) is 5.76. The van der Waals surface area contributed by atoms with Crippen LogP contribution in [0, 0.1) is 5.92 Å². The molecule has 0 fully saturated rings. The molecule has 4 heteroatoms. The molecule has 0 saturated heterocycles. The van der Waals surface area contributed by atoms with E-state index in [1.807, 2.05) is 13.8 Å². The van der Waals surface area contributed by atoms with Crippen molar-refractivity contribution in [3.63, 3.8) is 0 Å². The van der Waals surface area contributed by atoms with Gasteiger partial charge in [-0.15, -0.1) is 0 Å². The van der Waals surface area contributed by atoms with Crippen molar-refractivity contribution < 1.29 is 4.79 Å². The largest absolute Gasteiger partial charge is 0.352 e. The van der Waals surface area contributed by atoms with Crippen molar-refractivity contribution in [3.8, 4) is 0 Å². The summed E-state index contributed by atoms with van der Waals surface area (Å²) in [5.41, 5.74) is 0.808. The Hall–Kier alpha value is -0.990. The van der Waals surface area contributed by atoms with E-state index in [9.17, 15) is 4.79 Å². The monoisotopic (exact) mass is 271 g/mol. The molecule has 1 rings (SSSR count). The molecule has 1 aromatic carbocycles. The standard InChI is InChI=1S/C13H15Cl2NO/c1-9(2)8-16-13(17)4-3-10-5-11(14)7-12(15)6-10/h3-7,9H,8H2,1-2H3,(H,16,17)/b4-3+. The summed E-state index contributed by atoms with van der Waals surface area (Å²) in [6, 6.07) is 5.15. The molecule has 92 valence electrons. The highest BCUT2D eigenvalue weighted by atomic mass is 35.5. The third-order valence-corrected chi connectivity index (χ3v) is 2.43. The van der Waals surface area contributed by atoms with Crippen molar-refractivity contribution in [2.45, 2.75) is 13.8 Å².